The number of hydrogen-bond donors (Lipinski definition) is 2. The van der Waals surface area contributed by atoms with E-state index in [0.717, 1.165) is 42.3 Å². The number of benzene rings is 1. The van der Waals surface area contributed by atoms with Gasteiger partial charge in [0.15, 0.2) is 0 Å². The molecule has 2 aromatic rings. The Labute approximate surface area is 93.3 Å². The van der Waals surface area contributed by atoms with Gasteiger partial charge in [0.2, 0.25) is 0 Å². The molecule has 0 aliphatic carbocycles. The van der Waals surface area contributed by atoms with E-state index in [9.17, 15) is 0 Å². The van der Waals surface area contributed by atoms with Gasteiger partial charge in [-0.2, -0.15) is 0 Å². The van der Waals surface area contributed by atoms with Crippen LogP contribution >= 0.6 is 0 Å². The lowest BCUT2D eigenvalue weighted by molar-refractivity contribution is 0.619. The van der Waals surface area contributed by atoms with Crippen LogP contribution in [0.3, 0.4) is 0 Å². The molecule has 0 amide bonds. The highest BCUT2D eigenvalue weighted by Crippen LogP contribution is 2.20. The molecule has 1 aliphatic heterocycles. The van der Waals surface area contributed by atoms with E-state index in [1.807, 2.05) is 28.9 Å². The molecule has 1 aliphatic rings. The number of nitrogen functional groups attached to an aromatic ring is 1. The number of anilines is 1. The third-order valence-corrected chi connectivity index (χ3v) is 2.84. The van der Waals surface area contributed by atoms with Crippen molar-refractivity contribution in [3.63, 3.8) is 0 Å². The Morgan fingerprint density at radius 3 is 3.06 bits per heavy atom. The van der Waals surface area contributed by atoms with Gasteiger partial charge in [0.1, 0.15) is 5.69 Å². The van der Waals surface area contributed by atoms with Crippen molar-refractivity contribution in [1.82, 2.24) is 20.3 Å². The van der Waals surface area contributed by atoms with Crippen molar-refractivity contribution in [3.8, 4) is 5.69 Å². The third kappa shape index (κ3) is 1.37. The Balaban J connectivity index is 2.13. The van der Waals surface area contributed by atoms with Crippen molar-refractivity contribution >= 4 is 5.69 Å². The van der Waals surface area contributed by atoms with Crippen LogP contribution in [0.4, 0.5) is 5.69 Å². The van der Waals surface area contributed by atoms with Crippen LogP contribution in [0.2, 0.25) is 0 Å². The van der Waals surface area contributed by atoms with E-state index < -0.39 is 0 Å². The first kappa shape index (κ1) is 9.35. The van der Waals surface area contributed by atoms with Crippen LogP contribution in [0, 0.1) is 0 Å². The number of nitrogens with two attached hydrogens (primary N) is 1. The zero-order valence-corrected chi connectivity index (χ0v) is 8.85. The summed E-state index contributed by atoms with van der Waals surface area (Å²) >= 11 is 0. The van der Waals surface area contributed by atoms with Gasteiger partial charge in [-0.05, 0) is 12.1 Å². The molecule has 0 spiro atoms. The number of nitrogens with one attached hydrogen (secondary N) is 1. The molecule has 16 heavy (non-hydrogen) atoms. The number of fused-ring (bicyclic) bond motifs is 1. The van der Waals surface area contributed by atoms with Crippen LogP contribution in [-0.4, -0.2) is 21.5 Å². The summed E-state index contributed by atoms with van der Waals surface area (Å²) in [6.07, 6.45) is 0.941. The van der Waals surface area contributed by atoms with Crippen LogP contribution in [-0.2, 0) is 13.0 Å². The summed E-state index contributed by atoms with van der Waals surface area (Å²) in [4.78, 5) is 0. The molecule has 0 fully saturated rings. The molecule has 2 heterocycles. The molecule has 0 unspecified atom stereocenters. The van der Waals surface area contributed by atoms with Gasteiger partial charge in [0.05, 0.1) is 17.1 Å². The molecule has 0 atom stereocenters. The van der Waals surface area contributed by atoms with Gasteiger partial charge < -0.3 is 11.1 Å². The highest BCUT2D eigenvalue weighted by Gasteiger charge is 2.17. The zero-order chi connectivity index (χ0) is 11.0. The van der Waals surface area contributed by atoms with Crippen LogP contribution < -0.4 is 11.1 Å². The molecule has 0 bridgehead atoms. The van der Waals surface area contributed by atoms with Crippen molar-refractivity contribution in [2.45, 2.75) is 13.0 Å². The summed E-state index contributed by atoms with van der Waals surface area (Å²) in [5.41, 5.74) is 9.77. The van der Waals surface area contributed by atoms with Crippen LogP contribution in [0.1, 0.15) is 11.4 Å². The molecule has 1 aromatic heterocycles. The topological polar surface area (TPSA) is 68.8 Å². The van der Waals surface area contributed by atoms with E-state index in [0.29, 0.717) is 0 Å². The van der Waals surface area contributed by atoms with E-state index in [1.54, 1.807) is 0 Å². The summed E-state index contributed by atoms with van der Waals surface area (Å²) in [6, 6.07) is 7.72. The van der Waals surface area contributed by atoms with Crippen molar-refractivity contribution in [3.05, 3.63) is 35.7 Å². The quantitative estimate of drug-likeness (QED) is 0.679. The van der Waals surface area contributed by atoms with Crippen molar-refractivity contribution in [2.75, 3.05) is 12.3 Å². The highest BCUT2D eigenvalue weighted by atomic mass is 15.4. The molecular formula is C11H13N5. The second-order valence-electron chi connectivity index (χ2n) is 3.88. The predicted molar refractivity (Wildman–Crippen MR) is 61.2 cm³/mol. The van der Waals surface area contributed by atoms with Crippen LogP contribution in [0.25, 0.3) is 5.69 Å². The van der Waals surface area contributed by atoms with Gasteiger partial charge in [-0.25, -0.2) is 4.68 Å². The molecule has 0 radical (unpaired) electrons. The third-order valence-electron chi connectivity index (χ3n) is 2.84. The number of hydrogen-bond acceptors (Lipinski definition) is 4. The second-order valence-corrected chi connectivity index (χ2v) is 3.88. The Morgan fingerprint density at radius 2 is 2.19 bits per heavy atom. The first-order valence-electron chi connectivity index (χ1n) is 5.35. The molecule has 3 N–H and O–H groups in total. The lowest BCUT2D eigenvalue weighted by Gasteiger charge is -2.14. The average Bonchev–Trinajstić information content (AvgIpc) is 2.74. The van der Waals surface area contributed by atoms with E-state index in [-0.39, 0.29) is 0 Å². The maximum absolute atomic E-state index is 5.94. The number of para-hydroxylation sites is 2. The Hall–Kier alpha value is -1.88. The largest absolute Gasteiger partial charge is 0.397 e. The predicted octanol–water partition coefficient (Wildman–Crippen LogP) is 0.495. The van der Waals surface area contributed by atoms with Gasteiger partial charge in [0, 0.05) is 19.5 Å². The van der Waals surface area contributed by atoms with E-state index in [2.05, 4.69) is 15.6 Å². The minimum absolute atomic E-state index is 0.730. The van der Waals surface area contributed by atoms with E-state index >= 15 is 0 Å². The number of nitrogens with zero attached hydrogens (tertiary/aromatic N) is 3. The zero-order valence-electron chi connectivity index (χ0n) is 8.85. The molecule has 3 rings (SSSR count). The fraction of sp³-hybridized carbons (Fsp3) is 0.273. The fourth-order valence-corrected chi connectivity index (χ4v) is 2.01. The Kier molecular flexibility index (Phi) is 2.11. The van der Waals surface area contributed by atoms with Crippen molar-refractivity contribution in [1.29, 1.82) is 0 Å². The van der Waals surface area contributed by atoms with Gasteiger partial charge >= 0.3 is 0 Å². The lowest BCUT2D eigenvalue weighted by Crippen LogP contribution is -2.24. The molecule has 0 saturated heterocycles. The van der Waals surface area contributed by atoms with Gasteiger partial charge in [-0.15, -0.1) is 5.10 Å². The molecule has 82 valence electrons. The number of rotatable bonds is 1. The van der Waals surface area contributed by atoms with Gasteiger partial charge in [-0.3, -0.25) is 0 Å². The van der Waals surface area contributed by atoms with E-state index in [1.165, 1.54) is 0 Å². The van der Waals surface area contributed by atoms with Crippen molar-refractivity contribution < 1.29 is 0 Å². The minimum atomic E-state index is 0.730. The Bertz CT molecular complexity index is 517. The standard InChI is InChI=1S/C11H13N5/c12-8-3-1-2-4-10(8)16-11-5-6-13-7-9(11)14-15-16/h1-4,13H,5-7,12H2. The number of aromatic nitrogens is 3. The van der Waals surface area contributed by atoms with Gasteiger partial charge in [0.25, 0.3) is 0 Å². The summed E-state index contributed by atoms with van der Waals surface area (Å²) in [5.74, 6) is 0. The van der Waals surface area contributed by atoms with E-state index in [4.69, 9.17) is 5.73 Å². The van der Waals surface area contributed by atoms with Crippen molar-refractivity contribution in [2.24, 2.45) is 0 Å². The molecule has 0 saturated carbocycles. The summed E-state index contributed by atoms with van der Waals surface area (Å²) < 4.78 is 1.85. The molecule has 1 aromatic carbocycles. The highest BCUT2D eigenvalue weighted by molar-refractivity contribution is 5.57. The summed E-state index contributed by atoms with van der Waals surface area (Å²) in [5, 5.41) is 11.6. The van der Waals surface area contributed by atoms with Crippen LogP contribution in [0.15, 0.2) is 24.3 Å². The summed E-state index contributed by atoms with van der Waals surface area (Å²) in [6.45, 7) is 1.76. The normalized spacial score (nSPS) is 14.8. The minimum Gasteiger partial charge on any atom is -0.397 e. The second kappa shape index (κ2) is 3.61. The first-order chi connectivity index (χ1) is 7.86. The Morgan fingerprint density at radius 1 is 1.31 bits per heavy atom. The molecule has 5 nitrogen and oxygen atoms in total. The molecular weight excluding hydrogens is 202 g/mol. The SMILES string of the molecule is Nc1ccccc1-n1nnc2c1CCNC2. The van der Waals surface area contributed by atoms with Crippen LogP contribution in [0.5, 0.6) is 0 Å². The maximum Gasteiger partial charge on any atom is 0.100 e. The summed E-state index contributed by atoms with van der Waals surface area (Å²) in [7, 11) is 0. The smallest absolute Gasteiger partial charge is 0.100 e. The first-order valence-corrected chi connectivity index (χ1v) is 5.35. The molecule has 5 heteroatoms. The van der Waals surface area contributed by atoms with Gasteiger partial charge in [-0.1, -0.05) is 17.3 Å². The lowest BCUT2D eigenvalue weighted by atomic mass is 10.1. The fourth-order valence-electron chi connectivity index (χ4n) is 2.01. The maximum atomic E-state index is 5.94. The average molecular weight is 215 g/mol. The monoisotopic (exact) mass is 215 g/mol.